The van der Waals surface area contributed by atoms with Crippen LogP contribution >= 0.6 is 0 Å². The molecule has 0 aliphatic heterocycles. The van der Waals surface area contributed by atoms with Crippen LogP contribution in [0.4, 0.5) is 0 Å². The third-order valence-electron chi connectivity index (χ3n) is 6.36. The second-order valence-electron chi connectivity index (χ2n) is 7.99. The van der Waals surface area contributed by atoms with Crippen LogP contribution in [-0.2, 0) is 20.4 Å². The van der Waals surface area contributed by atoms with Crippen molar-refractivity contribution in [2.75, 3.05) is 0 Å². The van der Waals surface area contributed by atoms with Crippen molar-refractivity contribution in [1.82, 2.24) is 0 Å². The quantitative estimate of drug-likeness (QED) is 0.431. The number of hydrogen-bond donors (Lipinski definition) is 0. The zero-order chi connectivity index (χ0) is 19.4. The predicted octanol–water partition coefficient (Wildman–Crippen LogP) is 1.94. The molecule has 0 aromatic carbocycles. The molecule has 0 aromatic rings. The molecule has 0 heterocycles. The van der Waals surface area contributed by atoms with Crippen molar-refractivity contribution in [3.05, 3.63) is 41.0 Å². The second kappa shape index (κ2) is 13.1. The zero-order valence-electron chi connectivity index (χ0n) is 19.3. The third-order valence-corrected chi connectivity index (χ3v) is 23.9. The fourth-order valence-electron chi connectivity index (χ4n) is 5.14. The summed E-state index contributed by atoms with van der Waals surface area (Å²) < 4.78 is 4.05. The van der Waals surface area contributed by atoms with Crippen molar-refractivity contribution in [2.45, 2.75) is 93.2 Å². The van der Waals surface area contributed by atoms with Gasteiger partial charge in [0.1, 0.15) is 0 Å². The van der Waals surface area contributed by atoms with Gasteiger partial charge in [0.15, 0.2) is 0 Å². The van der Waals surface area contributed by atoms with Gasteiger partial charge in [0.2, 0.25) is 0 Å². The van der Waals surface area contributed by atoms with E-state index < -0.39 is 20.4 Å². The van der Waals surface area contributed by atoms with E-state index in [9.17, 15) is 0 Å². The Morgan fingerprint density at radius 3 is 1.25 bits per heavy atom. The summed E-state index contributed by atoms with van der Waals surface area (Å²) in [5, 5.41) is 0. The molecular formula is C24H40Cl2SiZr. The summed E-state index contributed by atoms with van der Waals surface area (Å²) >= 11 is -1.80. The summed E-state index contributed by atoms with van der Waals surface area (Å²) in [6, 6.07) is 0. The summed E-state index contributed by atoms with van der Waals surface area (Å²) in [5.41, 5.74) is 6.76. The molecule has 0 radical (unpaired) electrons. The second-order valence-corrected chi connectivity index (χ2v) is 24.8. The van der Waals surface area contributed by atoms with Gasteiger partial charge >= 0.3 is 172 Å². The van der Waals surface area contributed by atoms with Gasteiger partial charge in [-0.05, 0) is 0 Å². The minimum Gasteiger partial charge on any atom is -1.00 e. The van der Waals surface area contributed by atoms with E-state index in [0.717, 1.165) is 11.8 Å². The smallest absolute Gasteiger partial charge is 1.00 e. The molecule has 0 bridgehead atoms. The van der Waals surface area contributed by atoms with Gasteiger partial charge < -0.3 is 24.8 Å². The van der Waals surface area contributed by atoms with Gasteiger partial charge in [-0.2, -0.15) is 0 Å². The summed E-state index contributed by atoms with van der Waals surface area (Å²) in [7, 11) is 0. The summed E-state index contributed by atoms with van der Waals surface area (Å²) in [6.45, 7) is 19.7. The fraction of sp³-hybridized carbons (Fsp3) is 0.667. The van der Waals surface area contributed by atoms with E-state index in [0.29, 0.717) is 0 Å². The van der Waals surface area contributed by atoms with E-state index in [2.05, 4.69) is 66.8 Å². The van der Waals surface area contributed by atoms with Gasteiger partial charge in [-0.3, -0.25) is 0 Å². The minimum absolute atomic E-state index is 0. The Morgan fingerprint density at radius 2 is 1.04 bits per heavy atom. The van der Waals surface area contributed by atoms with Crippen LogP contribution in [0.2, 0.25) is 13.1 Å². The SMILES string of the molecule is CCC1=CC(CC)[C]([Zr+2]([C]2=C(CC)C(CC)=CC2CC)=[Si](C)C)=C1CC.[Cl-].[Cl-]. The number of hydrogen-bond acceptors (Lipinski definition) is 0. The van der Waals surface area contributed by atoms with Gasteiger partial charge in [0.25, 0.3) is 0 Å². The topological polar surface area (TPSA) is 0 Å². The first kappa shape index (κ1) is 28.6. The van der Waals surface area contributed by atoms with E-state index in [4.69, 9.17) is 0 Å². The van der Waals surface area contributed by atoms with Crippen LogP contribution in [0, 0.1) is 11.8 Å². The molecule has 28 heavy (non-hydrogen) atoms. The van der Waals surface area contributed by atoms with Crippen molar-refractivity contribution in [3.63, 3.8) is 0 Å². The molecule has 0 aromatic heterocycles. The van der Waals surface area contributed by atoms with E-state index in [-0.39, 0.29) is 30.2 Å². The van der Waals surface area contributed by atoms with Gasteiger partial charge in [-0.15, -0.1) is 0 Å². The van der Waals surface area contributed by atoms with Crippen LogP contribution in [0.1, 0.15) is 80.1 Å². The van der Waals surface area contributed by atoms with E-state index >= 15 is 0 Å². The Kier molecular flexibility index (Phi) is 13.4. The maximum absolute atomic E-state index is 2.68. The molecule has 4 heteroatoms. The van der Waals surface area contributed by atoms with Gasteiger partial charge in [0.05, 0.1) is 0 Å². The summed E-state index contributed by atoms with van der Waals surface area (Å²) in [4.78, 5) is 0. The molecule has 0 nitrogen and oxygen atoms in total. The first-order valence-electron chi connectivity index (χ1n) is 11.0. The van der Waals surface area contributed by atoms with E-state index in [1.807, 2.05) is 17.7 Å². The maximum Gasteiger partial charge on any atom is -1.00 e. The monoisotopic (exact) mass is 516 g/mol. The third kappa shape index (κ3) is 5.46. The van der Waals surface area contributed by atoms with Gasteiger partial charge in [-0.1, -0.05) is 0 Å². The Hall–Kier alpha value is 0.640. The number of rotatable bonds is 8. The van der Waals surface area contributed by atoms with Crippen molar-refractivity contribution in [3.8, 4) is 0 Å². The molecule has 0 saturated heterocycles. The predicted molar refractivity (Wildman–Crippen MR) is 116 cm³/mol. The minimum atomic E-state index is -1.80. The molecule has 158 valence electrons. The average Bonchev–Trinajstić information content (AvgIpc) is 3.19. The maximum atomic E-state index is 2.68. The van der Waals surface area contributed by atoms with Crippen LogP contribution in [0.25, 0.3) is 0 Å². The van der Waals surface area contributed by atoms with E-state index in [1.54, 1.807) is 11.1 Å². The molecule has 2 aliphatic carbocycles. The zero-order valence-corrected chi connectivity index (χ0v) is 24.3. The Morgan fingerprint density at radius 1 is 0.679 bits per heavy atom. The van der Waals surface area contributed by atoms with Crippen LogP contribution in [0.3, 0.4) is 0 Å². The first-order valence-corrected chi connectivity index (χ1v) is 19.7. The number of halogens is 2. The molecule has 0 amide bonds. The number of allylic oxidation sites excluding steroid dienone is 8. The van der Waals surface area contributed by atoms with Crippen LogP contribution in [0.15, 0.2) is 41.0 Å². The van der Waals surface area contributed by atoms with Crippen LogP contribution < -0.4 is 24.8 Å². The average molecular weight is 519 g/mol. The Balaban J connectivity index is 0.00000364. The largest absolute Gasteiger partial charge is 1.00 e. The molecular weight excluding hydrogens is 478 g/mol. The standard InChI is InChI=1S/2C11H17.C2H6Si.2ClH.Zr/c2*1-4-9-7-10(5-2)11(6-3)8-9;1-3-2;;;/h2*7,9H,4-6H2,1-3H3;1-2H3;2*1H;/q;;;;;+2/p-2. The molecule has 2 aliphatic rings. The van der Waals surface area contributed by atoms with Crippen molar-refractivity contribution in [1.29, 1.82) is 0 Å². The molecule has 2 atom stereocenters. The van der Waals surface area contributed by atoms with Crippen LogP contribution in [-0.4, -0.2) is 5.43 Å². The molecule has 0 N–H and O–H groups in total. The molecule has 0 spiro atoms. The fourth-order valence-corrected chi connectivity index (χ4v) is 25.2. The van der Waals surface area contributed by atoms with Gasteiger partial charge in [0, 0.05) is 0 Å². The molecule has 0 saturated carbocycles. The van der Waals surface area contributed by atoms with Gasteiger partial charge in [-0.25, -0.2) is 0 Å². The molecule has 0 fully saturated rings. The van der Waals surface area contributed by atoms with Crippen LogP contribution in [0.5, 0.6) is 0 Å². The Labute approximate surface area is 195 Å². The first-order chi connectivity index (χ1) is 12.5. The van der Waals surface area contributed by atoms with Crippen molar-refractivity contribution >= 4 is 5.43 Å². The molecule has 2 unspecified atom stereocenters. The van der Waals surface area contributed by atoms with Crippen molar-refractivity contribution in [2.24, 2.45) is 11.8 Å². The Bertz CT molecular complexity index is 652. The van der Waals surface area contributed by atoms with E-state index in [1.165, 1.54) is 38.5 Å². The normalized spacial score (nSPS) is 21.0. The van der Waals surface area contributed by atoms with Crippen molar-refractivity contribution < 1.29 is 45.2 Å². The molecule has 2 rings (SSSR count). The summed E-state index contributed by atoms with van der Waals surface area (Å²) in [6.07, 6.45) is 12.9. The summed E-state index contributed by atoms with van der Waals surface area (Å²) in [5.74, 6) is 1.53.